The Morgan fingerprint density at radius 2 is 2.09 bits per heavy atom. The van der Waals surface area contributed by atoms with Crippen molar-refractivity contribution >= 4 is 15.4 Å². The quantitative estimate of drug-likeness (QED) is 0.512. The summed E-state index contributed by atoms with van der Waals surface area (Å²) < 4.78 is 71.9. The van der Waals surface area contributed by atoms with Gasteiger partial charge in [0.25, 0.3) is 0 Å². The predicted molar refractivity (Wildman–Crippen MR) is 117 cm³/mol. The van der Waals surface area contributed by atoms with Crippen LogP contribution in [0.25, 0.3) is 5.57 Å². The van der Waals surface area contributed by atoms with Crippen LogP contribution >= 0.6 is 0 Å². The van der Waals surface area contributed by atoms with Gasteiger partial charge in [-0.3, -0.25) is 0 Å². The van der Waals surface area contributed by atoms with Gasteiger partial charge in [0.15, 0.2) is 9.84 Å². The van der Waals surface area contributed by atoms with Gasteiger partial charge >= 0.3 is 0 Å². The lowest BCUT2D eigenvalue weighted by Crippen LogP contribution is -2.41. The summed E-state index contributed by atoms with van der Waals surface area (Å²) in [5.41, 5.74) is 1.76. The van der Waals surface area contributed by atoms with Crippen molar-refractivity contribution in [3.63, 3.8) is 0 Å². The number of ether oxygens (including phenoxy) is 1. The van der Waals surface area contributed by atoms with Gasteiger partial charge in [-0.25, -0.2) is 21.6 Å². The van der Waals surface area contributed by atoms with Gasteiger partial charge in [-0.1, -0.05) is 18.7 Å². The lowest BCUT2D eigenvalue weighted by molar-refractivity contribution is -0.0812. The number of halogens is 3. The molecule has 0 bridgehead atoms. The van der Waals surface area contributed by atoms with Crippen molar-refractivity contribution in [1.82, 2.24) is 0 Å². The number of nitriles is 1. The van der Waals surface area contributed by atoms with E-state index in [1.807, 2.05) is 6.07 Å². The van der Waals surface area contributed by atoms with Gasteiger partial charge in [-0.2, -0.15) is 5.26 Å². The van der Waals surface area contributed by atoms with Crippen LogP contribution in [0.15, 0.2) is 48.1 Å². The molecule has 32 heavy (non-hydrogen) atoms. The first-order valence-corrected chi connectivity index (χ1v) is 12.1. The Balaban J connectivity index is 1.73. The maximum absolute atomic E-state index is 14.1. The number of alkyl halides is 2. The Morgan fingerprint density at radius 1 is 1.34 bits per heavy atom. The van der Waals surface area contributed by atoms with Gasteiger partial charge in [0.1, 0.15) is 5.82 Å². The van der Waals surface area contributed by atoms with Crippen molar-refractivity contribution in [2.45, 2.75) is 50.2 Å². The summed E-state index contributed by atoms with van der Waals surface area (Å²) >= 11 is 0. The van der Waals surface area contributed by atoms with E-state index >= 15 is 0 Å². The highest BCUT2D eigenvalue weighted by Crippen LogP contribution is 2.43. The molecule has 1 saturated carbocycles. The summed E-state index contributed by atoms with van der Waals surface area (Å²) in [6.45, 7) is 4.90. The zero-order valence-corrected chi connectivity index (χ0v) is 18.7. The van der Waals surface area contributed by atoms with Crippen molar-refractivity contribution in [3.8, 4) is 6.07 Å². The minimum atomic E-state index is -3.57. The first-order valence-electron chi connectivity index (χ1n) is 10.5. The third-order valence-corrected chi connectivity index (χ3v) is 8.26. The molecule has 0 saturated heterocycles. The van der Waals surface area contributed by atoms with E-state index in [-0.39, 0.29) is 25.0 Å². The first-order chi connectivity index (χ1) is 15.1. The SMILES string of the molecule is C=CS(=O)(=O)C(C)C1CCC(F)(F)C[C@@H]1COC1=CC=C(c2ccc(F)cc2C#N)CC1. The van der Waals surface area contributed by atoms with Crippen molar-refractivity contribution < 1.29 is 26.3 Å². The second-order valence-electron chi connectivity index (χ2n) is 8.42. The highest BCUT2D eigenvalue weighted by atomic mass is 32.2. The fourth-order valence-corrected chi connectivity index (χ4v) is 5.66. The van der Waals surface area contributed by atoms with Crippen LogP contribution < -0.4 is 0 Å². The average molecular weight is 466 g/mol. The maximum atomic E-state index is 14.1. The fourth-order valence-electron chi connectivity index (χ4n) is 4.51. The highest BCUT2D eigenvalue weighted by Gasteiger charge is 2.45. The molecule has 0 heterocycles. The summed E-state index contributed by atoms with van der Waals surface area (Å²) in [6, 6.07) is 6.05. The molecule has 172 valence electrons. The van der Waals surface area contributed by atoms with Crippen LogP contribution in [0.5, 0.6) is 0 Å². The second kappa shape index (κ2) is 9.53. The van der Waals surface area contributed by atoms with Crippen molar-refractivity contribution in [3.05, 3.63) is 65.0 Å². The Labute approximate surface area is 187 Å². The van der Waals surface area contributed by atoms with Crippen LogP contribution in [0.4, 0.5) is 13.2 Å². The third-order valence-electron chi connectivity index (χ3n) is 6.41. The predicted octanol–water partition coefficient (Wildman–Crippen LogP) is 5.77. The number of allylic oxidation sites excluding steroid dienone is 4. The van der Waals surface area contributed by atoms with Gasteiger partial charge in [-0.15, -0.1) is 0 Å². The highest BCUT2D eigenvalue weighted by molar-refractivity contribution is 7.94. The molecule has 1 aromatic rings. The third kappa shape index (κ3) is 5.44. The molecule has 1 aromatic carbocycles. The molecule has 0 N–H and O–H groups in total. The van der Waals surface area contributed by atoms with Crippen LogP contribution in [0.1, 0.15) is 50.2 Å². The van der Waals surface area contributed by atoms with Gasteiger partial charge in [-0.05, 0) is 55.0 Å². The molecule has 0 radical (unpaired) electrons. The summed E-state index contributed by atoms with van der Waals surface area (Å²) in [4.78, 5) is 0. The zero-order valence-electron chi connectivity index (χ0n) is 17.9. The molecule has 2 aliphatic rings. The van der Waals surface area contributed by atoms with E-state index in [9.17, 15) is 26.9 Å². The molecule has 0 aromatic heterocycles. The Bertz CT molecular complexity index is 1090. The van der Waals surface area contributed by atoms with E-state index in [1.165, 1.54) is 12.1 Å². The van der Waals surface area contributed by atoms with Crippen LogP contribution in [0, 0.1) is 29.0 Å². The van der Waals surface area contributed by atoms with Crippen molar-refractivity contribution in [1.29, 1.82) is 5.26 Å². The molecule has 0 aliphatic heterocycles. The molecule has 8 heteroatoms. The van der Waals surface area contributed by atoms with Gasteiger partial charge in [0, 0.05) is 30.6 Å². The fraction of sp³-hybridized carbons (Fsp3) is 0.458. The lowest BCUT2D eigenvalue weighted by Gasteiger charge is -2.38. The van der Waals surface area contributed by atoms with Gasteiger partial charge in [0.2, 0.25) is 5.92 Å². The van der Waals surface area contributed by atoms with Crippen LogP contribution in [-0.2, 0) is 14.6 Å². The van der Waals surface area contributed by atoms with Crippen LogP contribution in [-0.4, -0.2) is 26.2 Å². The molecule has 1 fully saturated rings. The Morgan fingerprint density at radius 3 is 2.72 bits per heavy atom. The number of hydrogen-bond donors (Lipinski definition) is 0. The first kappa shape index (κ1) is 24.1. The molecule has 3 atom stereocenters. The Kier molecular flexibility index (Phi) is 7.19. The molecular weight excluding hydrogens is 439 g/mol. The summed E-state index contributed by atoms with van der Waals surface area (Å²) in [6.07, 6.45) is 3.93. The standard InChI is InChI=1S/C24H26F3NO3S/c1-3-32(29,30)16(2)22-10-11-24(26,27)13-19(22)15-31-21-7-4-17(5-8-21)23-9-6-20(25)12-18(23)14-28/h3-4,6-7,9,12,16,19,22H,1,5,8,10-11,13,15H2,2H3/t16?,19-,22?/m1/s1. The molecule has 2 aliphatic carbocycles. The maximum Gasteiger partial charge on any atom is 0.248 e. The average Bonchev–Trinajstić information content (AvgIpc) is 2.77. The van der Waals surface area contributed by atoms with Crippen LogP contribution in [0.3, 0.4) is 0 Å². The van der Waals surface area contributed by atoms with Gasteiger partial charge < -0.3 is 4.74 Å². The summed E-state index contributed by atoms with van der Waals surface area (Å²) in [7, 11) is -3.57. The van der Waals surface area contributed by atoms with E-state index in [2.05, 4.69) is 6.58 Å². The lowest BCUT2D eigenvalue weighted by atomic mass is 9.76. The summed E-state index contributed by atoms with van der Waals surface area (Å²) in [5.74, 6) is -3.75. The van der Waals surface area contributed by atoms with E-state index in [1.54, 1.807) is 25.1 Å². The second-order valence-corrected chi connectivity index (χ2v) is 10.7. The van der Waals surface area contributed by atoms with E-state index in [0.29, 0.717) is 24.2 Å². The number of sulfone groups is 1. The molecule has 0 spiro atoms. The minimum Gasteiger partial charge on any atom is -0.498 e. The number of benzene rings is 1. The van der Waals surface area contributed by atoms with Crippen molar-refractivity contribution in [2.24, 2.45) is 11.8 Å². The van der Waals surface area contributed by atoms with Crippen LogP contribution in [0.2, 0.25) is 0 Å². The summed E-state index contributed by atoms with van der Waals surface area (Å²) in [5, 5.41) is 9.33. The number of nitrogens with zero attached hydrogens (tertiary/aromatic N) is 1. The zero-order chi connectivity index (χ0) is 23.5. The molecule has 3 rings (SSSR count). The normalized spacial score (nSPS) is 24.0. The molecule has 0 amide bonds. The van der Waals surface area contributed by atoms with Gasteiger partial charge in [0.05, 0.1) is 29.2 Å². The number of hydrogen-bond acceptors (Lipinski definition) is 4. The van der Waals surface area contributed by atoms with Crippen molar-refractivity contribution in [2.75, 3.05) is 6.61 Å². The topological polar surface area (TPSA) is 67.2 Å². The smallest absolute Gasteiger partial charge is 0.248 e. The monoisotopic (exact) mass is 465 g/mol. The Hall–Kier alpha value is -2.53. The van der Waals surface area contributed by atoms with E-state index < -0.39 is 45.1 Å². The van der Waals surface area contributed by atoms with E-state index in [4.69, 9.17) is 4.74 Å². The molecule has 2 unspecified atom stereocenters. The number of rotatable bonds is 7. The largest absolute Gasteiger partial charge is 0.498 e. The van der Waals surface area contributed by atoms with E-state index in [0.717, 1.165) is 11.0 Å². The molecule has 4 nitrogen and oxygen atoms in total. The minimum absolute atomic E-state index is 0.00621. The molecular formula is C24H26F3NO3S.